The molecule has 0 unspecified atom stereocenters. The number of halogens is 3. The van der Waals surface area contributed by atoms with Gasteiger partial charge in [0.25, 0.3) is 0 Å². The number of anilines is 2. The number of nitrogens with zero attached hydrogens (tertiary/aromatic N) is 2. The second-order valence-electron chi connectivity index (χ2n) is 3.26. The molecule has 1 aromatic heterocycles. The molecule has 1 heterocycles. The van der Waals surface area contributed by atoms with Crippen LogP contribution in [0.25, 0.3) is 11.1 Å². The van der Waals surface area contributed by atoms with E-state index in [1.165, 1.54) is 0 Å². The number of nitrogen functional groups attached to an aromatic ring is 2. The molecule has 0 bridgehead atoms. The van der Waals surface area contributed by atoms with Crippen molar-refractivity contribution in [3.05, 3.63) is 33.4 Å². The monoisotopic (exact) mass is 288 g/mol. The van der Waals surface area contributed by atoms with Gasteiger partial charge in [0.15, 0.2) is 0 Å². The average molecular weight is 290 g/mol. The summed E-state index contributed by atoms with van der Waals surface area (Å²) in [5, 5.41) is 1.09. The lowest BCUT2D eigenvalue weighted by atomic mass is 10.1. The Morgan fingerprint density at radius 1 is 1.00 bits per heavy atom. The lowest BCUT2D eigenvalue weighted by Crippen LogP contribution is -2.02. The number of benzene rings is 1. The minimum atomic E-state index is 0.0151. The summed E-state index contributed by atoms with van der Waals surface area (Å²) in [6, 6.07) is 4.96. The lowest BCUT2D eigenvalue weighted by Gasteiger charge is -2.09. The summed E-state index contributed by atoms with van der Waals surface area (Å²) in [5.41, 5.74) is 12.2. The maximum absolute atomic E-state index is 6.06. The van der Waals surface area contributed by atoms with Crippen LogP contribution in [0, 0.1) is 0 Å². The number of hydrogen-bond acceptors (Lipinski definition) is 4. The summed E-state index contributed by atoms with van der Waals surface area (Å²) in [5.74, 6) is 0.188. The summed E-state index contributed by atoms with van der Waals surface area (Å²) < 4.78 is 0. The van der Waals surface area contributed by atoms with E-state index >= 15 is 0 Å². The Labute approximate surface area is 113 Å². The van der Waals surface area contributed by atoms with Gasteiger partial charge in [0.05, 0.1) is 10.6 Å². The number of aromatic nitrogens is 2. The molecular weight excluding hydrogens is 282 g/mol. The van der Waals surface area contributed by atoms with Gasteiger partial charge in [-0.1, -0.05) is 40.9 Å². The first-order valence-corrected chi connectivity index (χ1v) is 5.66. The van der Waals surface area contributed by atoms with Gasteiger partial charge in [-0.05, 0) is 12.1 Å². The third-order valence-electron chi connectivity index (χ3n) is 2.11. The number of hydrogen-bond donors (Lipinski definition) is 2. The first kappa shape index (κ1) is 12.2. The van der Waals surface area contributed by atoms with Gasteiger partial charge in [0.2, 0.25) is 5.95 Å². The number of rotatable bonds is 1. The van der Waals surface area contributed by atoms with Crippen molar-refractivity contribution in [2.45, 2.75) is 0 Å². The van der Waals surface area contributed by atoms with Gasteiger partial charge in [0, 0.05) is 10.6 Å². The Morgan fingerprint density at radius 2 is 1.71 bits per heavy atom. The summed E-state index contributed by atoms with van der Waals surface area (Å²) in [6.45, 7) is 0. The highest BCUT2D eigenvalue weighted by Gasteiger charge is 2.14. The van der Waals surface area contributed by atoms with Crippen LogP contribution in [-0.4, -0.2) is 9.97 Å². The van der Waals surface area contributed by atoms with E-state index in [9.17, 15) is 0 Å². The third-order valence-corrected chi connectivity index (χ3v) is 2.93. The van der Waals surface area contributed by atoms with E-state index in [0.29, 0.717) is 21.2 Å². The maximum Gasteiger partial charge on any atom is 0.223 e. The van der Waals surface area contributed by atoms with E-state index in [1.54, 1.807) is 18.2 Å². The Balaban J connectivity index is 2.68. The fourth-order valence-corrected chi connectivity index (χ4v) is 2.20. The predicted octanol–water partition coefficient (Wildman–Crippen LogP) is 3.27. The first-order valence-electron chi connectivity index (χ1n) is 4.53. The highest BCUT2D eigenvalue weighted by molar-refractivity contribution is 6.38. The zero-order valence-corrected chi connectivity index (χ0v) is 10.7. The minimum Gasteiger partial charge on any atom is -0.383 e. The van der Waals surface area contributed by atoms with Crippen LogP contribution in [0.1, 0.15) is 0 Å². The first-order chi connectivity index (χ1) is 7.99. The summed E-state index contributed by atoms with van der Waals surface area (Å²) >= 11 is 17.8. The van der Waals surface area contributed by atoms with Gasteiger partial charge in [-0.15, -0.1) is 0 Å². The van der Waals surface area contributed by atoms with Crippen LogP contribution in [-0.2, 0) is 0 Å². The predicted molar refractivity (Wildman–Crippen MR) is 71.3 cm³/mol. The van der Waals surface area contributed by atoms with Crippen molar-refractivity contribution in [3.63, 3.8) is 0 Å². The summed E-state index contributed by atoms with van der Waals surface area (Å²) in [7, 11) is 0. The molecule has 0 fully saturated rings. The molecule has 1 aromatic carbocycles. The molecule has 2 rings (SSSR count). The van der Waals surface area contributed by atoms with Crippen molar-refractivity contribution in [2.75, 3.05) is 11.5 Å². The van der Waals surface area contributed by atoms with Gasteiger partial charge in [-0.25, -0.2) is 4.98 Å². The van der Waals surface area contributed by atoms with Gasteiger partial charge >= 0.3 is 0 Å². The van der Waals surface area contributed by atoms with Crippen LogP contribution in [0.3, 0.4) is 0 Å². The molecule has 4 nitrogen and oxygen atoms in total. The van der Waals surface area contributed by atoms with Gasteiger partial charge in [0.1, 0.15) is 11.0 Å². The third kappa shape index (κ3) is 2.39. The summed E-state index contributed by atoms with van der Waals surface area (Å²) in [4.78, 5) is 7.68. The zero-order valence-electron chi connectivity index (χ0n) is 8.42. The van der Waals surface area contributed by atoms with Gasteiger partial charge in [-0.2, -0.15) is 4.98 Å². The van der Waals surface area contributed by atoms with Crippen LogP contribution in [0.15, 0.2) is 18.2 Å². The minimum absolute atomic E-state index is 0.0151. The molecule has 0 aliphatic rings. The van der Waals surface area contributed by atoms with Crippen LogP contribution < -0.4 is 11.5 Å². The van der Waals surface area contributed by atoms with Crippen LogP contribution in [0.5, 0.6) is 0 Å². The molecule has 88 valence electrons. The van der Waals surface area contributed by atoms with Gasteiger partial charge < -0.3 is 11.5 Å². The van der Waals surface area contributed by atoms with E-state index in [4.69, 9.17) is 46.3 Å². The SMILES string of the molecule is Nc1nc(N)c(-c2ccc(Cl)cc2Cl)c(Cl)n1. The molecule has 7 heteroatoms. The molecule has 2 aromatic rings. The fraction of sp³-hybridized carbons (Fsp3) is 0. The molecule has 0 amide bonds. The highest BCUT2D eigenvalue weighted by Crippen LogP contribution is 2.37. The van der Waals surface area contributed by atoms with Crippen molar-refractivity contribution in [2.24, 2.45) is 0 Å². The second kappa shape index (κ2) is 4.56. The van der Waals surface area contributed by atoms with Crippen molar-refractivity contribution in [1.29, 1.82) is 0 Å². The Morgan fingerprint density at radius 3 is 2.29 bits per heavy atom. The molecular formula is C10H7Cl3N4. The highest BCUT2D eigenvalue weighted by atomic mass is 35.5. The van der Waals surface area contributed by atoms with E-state index in [1.807, 2.05) is 0 Å². The van der Waals surface area contributed by atoms with Crippen molar-refractivity contribution in [3.8, 4) is 11.1 Å². The second-order valence-corrected chi connectivity index (χ2v) is 4.46. The maximum atomic E-state index is 6.06. The number of nitrogens with two attached hydrogens (primary N) is 2. The zero-order chi connectivity index (χ0) is 12.6. The fourth-order valence-electron chi connectivity index (χ4n) is 1.41. The molecule has 0 saturated carbocycles. The van der Waals surface area contributed by atoms with E-state index in [0.717, 1.165) is 0 Å². The van der Waals surface area contributed by atoms with Crippen LogP contribution in [0.4, 0.5) is 11.8 Å². The molecule has 0 saturated heterocycles. The molecule has 4 N–H and O–H groups in total. The lowest BCUT2D eigenvalue weighted by molar-refractivity contribution is 1.20. The van der Waals surface area contributed by atoms with Crippen molar-refractivity contribution < 1.29 is 0 Å². The van der Waals surface area contributed by atoms with Crippen molar-refractivity contribution >= 4 is 46.6 Å². The standard InChI is InChI=1S/C10H7Cl3N4/c11-4-1-2-5(6(12)3-4)7-8(13)16-10(15)17-9(7)14/h1-3H,(H4,14,15,16,17). The molecule has 0 aliphatic heterocycles. The molecule has 17 heavy (non-hydrogen) atoms. The molecule has 0 spiro atoms. The van der Waals surface area contributed by atoms with Crippen molar-refractivity contribution in [1.82, 2.24) is 9.97 Å². The molecule has 0 radical (unpaired) electrons. The molecule has 0 aliphatic carbocycles. The topological polar surface area (TPSA) is 77.8 Å². The van der Waals surface area contributed by atoms with E-state index < -0.39 is 0 Å². The normalized spacial score (nSPS) is 10.5. The Bertz CT molecular complexity index is 563. The Kier molecular flexibility index (Phi) is 3.28. The van der Waals surface area contributed by atoms with Crippen LogP contribution >= 0.6 is 34.8 Å². The van der Waals surface area contributed by atoms with Gasteiger partial charge in [-0.3, -0.25) is 0 Å². The summed E-state index contributed by atoms with van der Waals surface area (Å²) in [6.07, 6.45) is 0. The van der Waals surface area contributed by atoms with Crippen LogP contribution in [0.2, 0.25) is 15.2 Å². The quantitative estimate of drug-likeness (QED) is 0.790. The smallest absolute Gasteiger partial charge is 0.223 e. The van der Waals surface area contributed by atoms with E-state index in [-0.39, 0.29) is 16.9 Å². The van der Waals surface area contributed by atoms with E-state index in [2.05, 4.69) is 9.97 Å². The molecule has 0 atom stereocenters. The Hall–Kier alpha value is -1.23. The average Bonchev–Trinajstić information content (AvgIpc) is 2.19. The largest absolute Gasteiger partial charge is 0.383 e.